The van der Waals surface area contributed by atoms with Gasteiger partial charge in [0.25, 0.3) is 5.91 Å². The maximum absolute atomic E-state index is 12.2. The number of anilines is 2. The third-order valence-corrected chi connectivity index (χ3v) is 4.44. The van der Waals surface area contributed by atoms with Crippen molar-refractivity contribution in [3.8, 4) is 0 Å². The van der Waals surface area contributed by atoms with E-state index in [9.17, 15) is 4.79 Å². The lowest BCUT2D eigenvalue weighted by Crippen LogP contribution is -2.40. The van der Waals surface area contributed by atoms with Crippen molar-refractivity contribution in [2.45, 2.75) is 37.8 Å². The highest BCUT2D eigenvalue weighted by molar-refractivity contribution is 5.94. The van der Waals surface area contributed by atoms with Crippen LogP contribution in [0, 0.1) is 0 Å². The number of pyridine rings is 1. The van der Waals surface area contributed by atoms with E-state index >= 15 is 0 Å². The van der Waals surface area contributed by atoms with Gasteiger partial charge in [0.2, 0.25) is 5.95 Å². The summed E-state index contributed by atoms with van der Waals surface area (Å²) < 4.78 is 0. The Hall–Kier alpha value is -2.12. The number of aromatic nitrogens is 3. The summed E-state index contributed by atoms with van der Waals surface area (Å²) in [6, 6.07) is 5.91. The van der Waals surface area contributed by atoms with Crippen LogP contribution in [-0.4, -0.2) is 47.0 Å². The SMILES string of the molecule is CN(C)c1ccnc(NC2CCC(NC(=O)c3ccncc3)CC2)n1.Cl.Cl. The van der Waals surface area contributed by atoms with Crippen LogP contribution in [0.15, 0.2) is 36.8 Å². The molecule has 0 atom stereocenters. The van der Waals surface area contributed by atoms with Crippen LogP contribution >= 0.6 is 24.8 Å². The van der Waals surface area contributed by atoms with E-state index in [1.54, 1.807) is 30.7 Å². The first kappa shape index (κ1) is 22.9. The second kappa shape index (κ2) is 10.9. The smallest absolute Gasteiger partial charge is 0.251 e. The summed E-state index contributed by atoms with van der Waals surface area (Å²) in [5.41, 5.74) is 0.657. The molecule has 1 amide bonds. The summed E-state index contributed by atoms with van der Waals surface area (Å²) in [6.07, 6.45) is 8.90. The number of halogens is 2. The van der Waals surface area contributed by atoms with Crippen LogP contribution in [0.5, 0.6) is 0 Å². The Morgan fingerprint density at radius 3 is 2.26 bits per heavy atom. The van der Waals surface area contributed by atoms with Crippen molar-refractivity contribution in [2.24, 2.45) is 0 Å². The Morgan fingerprint density at radius 1 is 1.00 bits per heavy atom. The second-order valence-electron chi connectivity index (χ2n) is 6.54. The lowest BCUT2D eigenvalue weighted by molar-refractivity contribution is 0.0926. The van der Waals surface area contributed by atoms with Crippen LogP contribution in [-0.2, 0) is 0 Å². The highest BCUT2D eigenvalue weighted by Crippen LogP contribution is 2.22. The van der Waals surface area contributed by atoms with Crippen molar-refractivity contribution in [3.05, 3.63) is 42.4 Å². The number of hydrogen-bond donors (Lipinski definition) is 2. The number of nitrogens with zero attached hydrogens (tertiary/aromatic N) is 4. The summed E-state index contributed by atoms with van der Waals surface area (Å²) in [6.45, 7) is 0. The van der Waals surface area contributed by atoms with Gasteiger partial charge in [-0.1, -0.05) is 0 Å². The first-order valence-electron chi connectivity index (χ1n) is 8.59. The third kappa shape index (κ3) is 6.52. The third-order valence-electron chi connectivity index (χ3n) is 4.44. The minimum atomic E-state index is -0.0270. The van der Waals surface area contributed by atoms with Gasteiger partial charge in [-0.15, -0.1) is 24.8 Å². The van der Waals surface area contributed by atoms with Gasteiger partial charge in [0.05, 0.1) is 0 Å². The molecule has 2 aromatic heterocycles. The summed E-state index contributed by atoms with van der Waals surface area (Å²) in [7, 11) is 3.92. The summed E-state index contributed by atoms with van der Waals surface area (Å²) in [5, 5.41) is 6.52. The van der Waals surface area contributed by atoms with Crippen LogP contribution in [0.2, 0.25) is 0 Å². The van der Waals surface area contributed by atoms with E-state index in [-0.39, 0.29) is 36.8 Å². The zero-order valence-corrected chi connectivity index (χ0v) is 17.1. The second-order valence-corrected chi connectivity index (χ2v) is 6.54. The Morgan fingerprint density at radius 2 is 1.63 bits per heavy atom. The molecule has 0 aromatic carbocycles. The number of nitrogens with one attached hydrogen (secondary N) is 2. The molecule has 2 N–H and O–H groups in total. The highest BCUT2D eigenvalue weighted by Gasteiger charge is 2.23. The van der Waals surface area contributed by atoms with Crippen molar-refractivity contribution in [3.63, 3.8) is 0 Å². The van der Waals surface area contributed by atoms with E-state index in [4.69, 9.17) is 0 Å². The molecule has 2 heterocycles. The molecule has 0 radical (unpaired) electrons. The summed E-state index contributed by atoms with van der Waals surface area (Å²) in [5.74, 6) is 1.52. The van der Waals surface area contributed by atoms with Gasteiger partial charge >= 0.3 is 0 Å². The first-order chi connectivity index (χ1) is 12.1. The predicted molar refractivity (Wildman–Crippen MR) is 112 cm³/mol. The number of carbonyl (C=O) groups is 1. The molecular weight excluding hydrogens is 387 g/mol. The maximum atomic E-state index is 12.2. The molecular formula is C18H26Cl2N6O. The molecule has 0 aliphatic heterocycles. The molecule has 1 saturated carbocycles. The van der Waals surface area contributed by atoms with E-state index < -0.39 is 0 Å². The highest BCUT2D eigenvalue weighted by atomic mass is 35.5. The van der Waals surface area contributed by atoms with Crippen molar-refractivity contribution >= 4 is 42.5 Å². The van der Waals surface area contributed by atoms with Gasteiger partial charge in [-0.3, -0.25) is 9.78 Å². The van der Waals surface area contributed by atoms with Gasteiger partial charge < -0.3 is 15.5 Å². The minimum absolute atomic E-state index is 0. The average molecular weight is 413 g/mol. The molecule has 148 valence electrons. The van der Waals surface area contributed by atoms with Gasteiger partial charge in [-0.25, -0.2) is 4.98 Å². The normalized spacial score (nSPS) is 18.4. The molecule has 1 aliphatic carbocycles. The molecule has 27 heavy (non-hydrogen) atoms. The van der Waals surface area contributed by atoms with Crippen molar-refractivity contribution in [2.75, 3.05) is 24.3 Å². The number of amides is 1. The van der Waals surface area contributed by atoms with Crippen LogP contribution in [0.4, 0.5) is 11.8 Å². The van der Waals surface area contributed by atoms with Crippen LogP contribution in [0.1, 0.15) is 36.0 Å². The lowest BCUT2D eigenvalue weighted by Gasteiger charge is -2.29. The van der Waals surface area contributed by atoms with E-state index in [1.807, 2.05) is 25.1 Å². The monoisotopic (exact) mass is 412 g/mol. The topological polar surface area (TPSA) is 83.0 Å². The molecule has 9 heteroatoms. The van der Waals surface area contributed by atoms with Gasteiger partial charge in [0, 0.05) is 50.3 Å². The van der Waals surface area contributed by atoms with E-state index in [1.165, 1.54) is 0 Å². The maximum Gasteiger partial charge on any atom is 0.251 e. The fraction of sp³-hybridized carbons (Fsp3) is 0.444. The Bertz CT molecular complexity index is 708. The van der Waals surface area contributed by atoms with E-state index in [0.717, 1.165) is 31.5 Å². The lowest BCUT2D eigenvalue weighted by atomic mass is 9.91. The van der Waals surface area contributed by atoms with Crippen LogP contribution in [0.3, 0.4) is 0 Å². The van der Waals surface area contributed by atoms with E-state index in [2.05, 4.69) is 25.6 Å². The predicted octanol–water partition coefficient (Wildman–Crippen LogP) is 2.93. The van der Waals surface area contributed by atoms with E-state index in [0.29, 0.717) is 17.6 Å². The number of rotatable bonds is 5. The molecule has 3 rings (SSSR count). The Balaban J connectivity index is 0.00000182. The van der Waals surface area contributed by atoms with Crippen molar-refractivity contribution < 1.29 is 4.79 Å². The molecule has 0 unspecified atom stereocenters. The summed E-state index contributed by atoms with van der Waals surface area (Å²) in [4.78, 5) is 26.9. The zero-order chi connectivity index (χ0) is 17.6. The molecule has 2 aromatic rings. The molecule has 7 nitrogen and oxygen atoms in total. The molecule has 1 fully saturated rings. The van der Waals surface area contributed by atoms with Crippen molar-refractivity contribution in [1.82, 2.24) is 20.3 Å². The minimum Gasteiger partial charge on any atom is -0.363 e. The quantitative estimate of drug-likeness (QED) is 0.785. The van der Waals surface area contributed by atoms with Gasteiger partial charge in [-0.05, 0) is 43.9 Å². The van der Waals surface area contributed by atoms with Gasteiger partial charge in [0.15, 0.2) is 0 Å². The van der Waals surface area contributed by atoms with Crippen molar-refractivity contribution in [1.29, 1.82) is 0 Å². The summed E-state index contributed by atoms with van der Waals surface area (Å²) >= 11 is 0. The largest absolute Gasteiger partial charge is 0.363 e. The van der Waals surface area contributed by atoms with Gasteiger partial charge in [-0.2, -0.15) is 4.98 Å². The van der Waals surface area contributed by atoms with Crippen LogP contribution in [0.25, 0.3) is 0 Å². The molecule has 1 aliphatic rings. The number of hydrogen-bond acceptors (Lipinski definition) is 6. The first-order valence-corrected chi connectivity index (χ1v) is 8.59. The zero-order valence-electron chi connectivity index (χ0n) is 15.5. The Labute approximate surface area is 172 Å². The fourth-order valence-electron chi connectivity index (χ4n) is 3.00. The Kier molecular flexibility index (Phi) is 9.25. The molecule has 0 saturated heterocycles. The van der Waals surface area contributed by atoms with Gasteiger partial charge in [0.1, 0.15) is 5.82 Å². The molecule has 0 bridgehead atoms. The molecule has 0 spiro atoms. The standard InChI is InChI=1S/C18H24N6O.2ClH/c1-24(2)16-9-12-20-18(23-16)22-15-5-3-14(4-6-15)21-17(25)13-7-10-19-11-8-13;;/h7-12,14-15H,3-6H2,1-2H3,(H,21,25)(H,20,22,23);2*1H. The number of carbonyl (C=O) groups excluding carboxylic acids is 1. The average Bonchev–Trinajstić information content (AvgIpc) is 2.64. The fourth-order valence-corrected chi connectivity index (χ4v) is 3.00. The van der Waals surface area contributed by atoms with Crippen LogP contribution < -0.4 is 15.5 Å².